The highest BCUT2D eigenvalue weighted by Crippen LogP contribution is 2.27. The number of anilines is 1. The van der Waals surface area contributed by atoms with Crippen molar-refractivity contribution in [3.05, 3.63) is 80.4 Å². The quantitative estimate of drug-likeness (QED) is 0.308. The maximum Gasteiger partial charge on any atom is 0.276 e. The lowest BCUT2D eigenvalue weighted by molar-refractivity contribution is -0.113. The van der Waals surface area contributed by atoms with Crippen LogP contribution in [0, 0.1) is 18.6 Å². The van der Waals surface area contributed by atoms with Crippen LogP contribution >= 0.6 is 34.7 Å². The summed E-state index contributed by atoms with van der Waals surface area (Å²) in [6, 6.07) is 9.74. The van der Waals surface area contributed by atoms with Crippen molar-refractivity contribution in [2.24, 2.45) is 0 Å². The second-order valence-electron chi connectivity index (χ2n) is 6.57. The minimum absolute atomic E-state index is 0.00448. The maximum absolute atomic E-state index is 13.8. The largest absolute Gasteiger partial charge is 0.324 e. The summed E-state index contributed by atoms with van der Waals surface area (Å²) in [6.07, 6.45) is 0. The zero-order valence-electron chi connectivity index (χ0n) is 16.0. The van der Waals surface area contributed by atoms with Crippen LogP contribution in [-0.2, 0) is 4.79 Å². The molecule has 0 aliphatic carbocycles. The molecule has 0 spiro atoms. The number of halogens is 3. The van der Waals surface area contributed by atoms with Gasteiger partial charge in [-0.1, -0.05) is 35.5 Å². The van der Waals surface area contributed by atoms with E-state index in [1.807, 2.05) is 13.0 Å². The third kappa shape index (κ3) is 4.48. The summed E-state index contributed by atoms with van der Waals surface area (Å²) < 4.78 is 29.1. The van der Waals surface area contributed by atoms with Gasteiger partial charge in [0.05, 0.1) is 27.7 Å². The smallest absolute Gasteiger partial charge is 0.276 e. The summed E-state index contributed by atoms with van der Waals surface area (Å²) in [7, 11) is 0. The minimum Gasteiger partial charge on any atom is -0.324 e. The number of fused-ring (bicyclic) bond motifs is 1. The molecule has 0 fully saturated rings. The van der Waals surface area contributed by atoms with Crippen LogP contribution in [0.3, 0.4) is 0 Å². The van der Waals surface area contributed by atoms with E-state index in [-0.39, 0.29) is 22.5 Å². The van der Waals surface area contributed by atoms with Crippen LogP contribution < -0.4 is 10.9 Å². The second kappa shape index (κ2) is 8.78. The molecule has 0 saturated heterocycles. The molecule has 31 heavy (non-hydrogen) atoms. The molecule has 0 unspecified atom stereocenters. The number of carbonyl (C=O) groups excluding carboxylic acids is 1. The van der Waals surface area contributed by atoms with E-state index in [4.69, 9.17) is 11.6 Å². The minimum atomic E-state index is -0.823. The van der Waals surface area contributed by atoms with Crippen molar-refractivity contribution >= 4 is 56.5 Å². The first-order chi connectivity index (χ1) is 14.8. The fraction of sp³-hybridized carbons (Fsp3) is 0.0952. The Morgan fingerprint density at radius 2 is 1.97 bits per heavy atom. The molecular formula is C21H14ClF2N3O2S2. The topological polar surface area (TPSA) is 64.0 Å². The van der Waals surface area contributed by atoms with Crippen molar-refractivity contribution < 1.29 is 13.6 Å². The van der Waals surface area contributed by atoms with E-state index in [0.29, 0.717) is 20.9 Å². The number of para-hydroxylation sites is 1. The number of nitrogens with one attached hydrogen (secondary N) is 1. The van der Waals surface area contributed by atoms with Gasteiger partial charge in [0.2, 0.25) is 5.91 Å². The van der Waals surface area contributed by atoms with E-state index in [0.717, 1.165) is 40.1 Å². The molecule has 0 bridgehead atoms. The molecule has 4 aromatic rings. The van der Waals surface area contributed by atoms with Crippen molar-refractivity contribution in [1.29, 1.82) is 0 Å². The molecule has 0 radical (unpaired) electrons. The van der Waals surface area contributed by atoms with Gasteiger partial charge in [-0.25, -0.2) is 13.8 Å². The molecule has 0 aliphatic rings. The Balaban J connectivity index is 1.68. The third-order valence-electron chi connectivity index (χ3n) is 4.37. The Labute approximate surface area is 188 Å². The molecule has 0 saturated carbocycles. The van der Waals surface area contributed by atoms with Gasteiger partial charge in [-0.15, -0.1) is 11.3 Å². The van der Waals surface area contributed by atoms with Crippen LogP contribution in [0.1, 0.15) is 5.56 Å². The SMILES string of the molecule is Cc1cccc(Cl)c1NC(=O)CSc1nc2ccsc2c(=O)n1-c1cc(F)cc(F)c1. The molecular weight excluding hydrogens is 464 g/mol. The third-order valence-corrected chi connectivity index (χ3v) is 6.52. The number of aryl methyl sites for hydroxylation is 1. The Hall–Kier alpha value is -2.75. The van der Waals surface area contributed by atoms with Crippen LogP contribution in [0.15, 0.2) is 57.8 Å². The molecule has 2 aromatic heterocycles. The number of hydrogen-bond donors (Lipinski definition) is 1. The molecule has 1 amide bonds. The lowest BCUT2D eigenvalue weighted by Crippen LogP contribution is -2.22. The molecule has 4 rings (SSSR count). The Kier molecular flexibility index (Phi) is 6.08. The fourth-order valence-corrected chi connectivity index (χ4v) is 4.82. The highest BCUT2D eigenvalue weighted by atomic mass is 35.5. The highest BCUT2D eigenvalue weighted by molar-refractivity contribution is 7.99. The van der Waals surface area contributed by atoms with E-state index in [1.165, 1.54) is 11.3 Å². The lowest BCUT2D eigenvalue weighted by Gasteiger charge is -2.13. The lowest BCUT2D eigenvalue weighted by atomic mass is 10.2. The van der Waals surface area contributed by atoms with E-state index in [1.54, 1.807) is 23.6 Å². The molecule has 5 nitrogen and oxygen atoms in total. The number of benzene rings is 2. The summed E-state index contributed by atoms with van der Waals surface area (Å²) in [5, 5.41) is 5.00. The molecule has 0 atom stereocenters. The van der Waals surface area contributed by atoms with Gasteiger partial charge in [0.15, 0.2) is 5.16 Å². The average molecular weight is 478 g/mol. The summed E-state index contributed by atoms with van der Waals surface area (Å²) in [6.45, 7) is 1.82. The fourth-order valence-electron chi connectivity index (χ4n) is 2.98. The van der Waals surface area contributed by atoms with Crippen molar-refractivity contribution in [1.82, 2.24) is 9.55 Å². The molecule has 10 heteroatoms. The van der Waals surface area contributed by atoms with Gasteiger partial charge >= 0.3 is 0 Å². The normalized spacial score (nSPS) is 11.1. The molecule has 1 N–H and O–H groups in total. The molecule has 2 heterocycles. The first kappa shape index (κ1) is 21.5. The zero-order chi connectivity index (χ0) is 22.1. The first-order valence-electron chi connectivity index (χ1n) is 8.98. The number of hydrogen-bond acceptors (Lipinski definition) is 5. The number of thiophene rings is 1. The zero-order valence-corrected chi connectivity index (χ0v) is 18.4. The van der Waals surface area contributed by atoms with Crippen molar-refractivity contribution in [3.8, 4) is 5.69 Å². The van der Waals surface area contributed by atoms with Crippen LogP contribution in [-0.4, -0.2) is 21.2 Å². The number of rotatable bonds is 5. The van der Waals surface area contributed by atoms with Gasteiger partial charge in [0.25, 0.3) is 5.56 Å². The Morgan fingerprint density at radius 1 is 1.23 bits per heavy atom. The number of aromatic nitrogens is 2. The van der Waals surface area contributed by atoms with Gasteiger partial charge < -0.3 is 5.32 Å². The van der Waals surface area contributed by atoms with Crippen molar-refractivity contribution in [2.45, 2.75) is 12.1 Å². The second-order valence-corrected chi connectivity index (χ2v) is 8.83. The summed E-state index contributed by atoms with van der Waals surface area (Å²) in [5.74, 6) is -2.10. The van der Waals surface area contributed by atoms with Gasteiger partial charge in [-0.2, -0.15) is 0 Å². The first-order valence-corrected chi connectivity index (χ1v) is 11.2. The van der Waals surface area contributed by atoms with Crippen LogP contribution in [0.25, 0.3) is 15.9 Å². The van der Waals surface area contributed by atoms with E-state index in [2.05, 4.69) is 10.3 Å². The number of nitrogens with zero attached hydrogens (tertiary/aromatic N) is 2. The number of carbonyl (C=O) groups is 1. The molecule has 158 valence electrons. The Morgan fingerprint density at radius 3 is 2.68 bits per heavy atom. The number of amides is 1. The number of thioether (sulfide) groups is 1. The van der Waals surface area contributed by atoms with Gasteiger partial charge in [0.1, 0.15) is 16.3 Å². The van der Waals surface area contributed by atoms with Gasteiger partial charge in [-0.05, 0) is 42.1 Å². The van der Waals surface area contributed by atoms with Gasteiger partial charge in [-0.3, -0.25) is 14.2 Å². The van der Waals surface area contributed by atoms with E-state index >= 15 is 0 Å². The predicted molar refractivity (Wildman–Crippen MR) is 121 cm³/mol. The highest BCUT2D eigenvalue weighted by Gasteiger charge is 2.17. The van der Waals surface area contributed by atoms with Crippen LogP contribution in [0.5, 0.6) is 0 Å². The summed E-state index contributed by atoms with van der Waals surface area (Å²) >= 11 is 8.31. The van der Waals surface area contributed by atoms with Gasteiger partial charge in [0, 0.05) is 6.07 Å². The Bertz CT molecular complexity index is 1330. The predicted octanol–water partition coefficient (Wildman–Crippen LogP) is 5.42. The van der Waals surface area contributed by atoms with Crippen molar-refractivity contribution in [3.63, 3.8) is 0 Å². The molecule has 0 aliphatic heterocycles. The van der Waals surface area contributed by atoms with Crippen LogP contribution in [0.2, 0.25) is 5.02 Å². The molecule has 2 aromatic carbocycles. The van der Waals surface area contributed by atoms with E-state index in [9.17, 15) is 18.4 Å². The summed E-state index contributed by atoms with van der Waals surface area (Å²) in [5.41, 5.74) is 1.29. The van der Waals surface area contributed by atoms with Crippen LogP contribution in [0.4, 0.5) is 14.5 Å². The monoisotopic (exact) mass is 477 g/mol. The maximum atomic E-state index is 13.8. The average Bonchev–Trinajstić information content (AvgIpc) is 3.17. The standard InChI is InChI=1S/C21H14ClF2N3O2S2/c1-11-3-2-4-15(22)18(11)26-17(28)10-31-21-25-16-5-6-30-19(16)20(29)27(21)14-8-12(23)7-13(24)9-14/h2-9H,10H2,1H3,(H,26,28). The summed E-state index contributed by atoms with van der Waals surface area (Å²) in [4.78, 5) is 30.0. The van der Waals surface area contributed by atoms with E-state index < -0.39 is 17.2 Å². The van der Waals surface area contributed by atoms with Crippen molar-refractivity contribution in [2.75, 3.05) is 11.1 Å².